The summed E-state index contributed by atoms with van der Waals surface area (Å²) in [4.78, 5) is 12.6. The maximum absolute atomic E-state index is 11.4. The third-order valence-electron chi connectivity index (χ3n) is 2.26. The number of thiophene rings is 1. The molecule has 2 N–H and O–H groups in total. The van der Waals surface area contributed by atoms with E-state index in [0.29, 0.717) is 13.1 Å². The number of halogens is 1. The van der Waals surface area contributed by atoms with Crippen LogP contribution >= 0.6 is 22.9 Å². The Bertz CT molecular complexity index is 415. The van der Waals surface area contributed by atoms with E-state index < -0.39 is 5.60 Å². The number of amides is 1. The van der Waals surface area contributed by atoms with E-state index in [4.69, 9.17) is 16.3 Å². The van der Waals surface area contributed by atoms with E-state index in [1.54, 1.807) is 11.3 Å². The van der Waals surface area contributed by atoms with Gasteiger partial charge in [0.2, 0.25) is 0 Å². The molecule has 1 heterocycles. The van der Waals surface area contributed by atoms with Crippen LogP contribution in [0.15, 0.2) is 12.1 Å². The smallest absolute Gasteiger partial charge is 0.407 e. The van der Waals surface area contributed by atoms with Crippen LogP contribution in [0.2, 0.25) is 4.34 Å². The van der Waals surface area contributed by atoms with Gasteiger partial charge in [-0.3, -0.25) is 0 Å². The van der Waals surface area contributed by atoms with Gasteiger partial charge in [0.05, 0.1) is 4.34 Å². The summed E-state index contributed by atoms with van der Waals surface area (Å²) < 4.78 is 5.93. The second kappa shape index (κ2) is 7.12. The van der Waals surface area contributed by atoms with Crippen LogP contribution in [-0.4, -0.2) is 24.8 Å². The van der Waals surface area contributed by atoms with Crippen molar-refractivity contribution in [2.24, 2.45) is 0 Å². The molecule has 4 nitrogen and oxygen atoms in total. The van der Waals surface area contributed by atoms with Crippen molar-refractivity contribution in [2.75, 3.05) is 13.1 Å². The average Bonchev–Trinajstić information content (AvgIpc) is 2.68. The zero-order valence-electron chi connectivity index (χ0n) is 11.7. The molecule has 1 aromatic heterocycles. The Kier molecular flexibility index (Phi) is 6.10. The van der Waals surface area contributed by atoms with Gasteiger partial charge < -0.3 is 15.4 Å². The SMILES string of the molecule is CC(NCCNC(=O)OC(C)(C)C)c1ccc(Cl)s1. The Labute approximate surface area is 123 Å². The molecule has 1 rings (SSSR count). The Hall–Kier alpha value is -0.780. The van der Waals surface area contributed by atoms with E-state index in [0.717, 1.165) is 4.34 Å². The molecule has 0 spiro atoms. The van der Waals surface area contributed by atoms with Crippen molar-refractivity contribution in [1.29, 1.82) is 0 Å². The number of hydrogen-bond acceptors (Lipinski definition) is 4. The third-order valence-corrected chi connectivity index (χ3v) is 3.68. The minimum atomic E-state index is -0.460. The van der Waals surface area contributed by atoms with E-state index in [2.05, 4.69) is 17.6 Å². The molecule has 0 saturated carbocycles. The second-order valence-electron chi connectivity index (χ2n) is 5.25. The third kappa shape index (κ3) is 6.80. The van der Waals surface area contributed by atoms with Gasteiger partial charge in [0.15, 0.2) is 0 Å². The quantitative estimate of drug-likeness (QED) is 0.818. The topological polar surface area (TPSA) is 50.4 Å². The van der Waals surface area contributed by atoms with Crippen LogP contribution in [-0.2, 0) is 4.74 Å². The number of nitrogens with one attached hydrogen (secondary N) is 2. The molecule has 0 fully saturated rings. The number of ether oxygens (including phenoxy) is 1. The first-order chi connectivity index (χ1) is 8.78. The van der Waals surface area contributed by atoms with Gasteiger partial charge in [0, 0.05) is 24.0 Å². The number of carbonyl (C=O) groups excluding carboxylic acids is 1. The zero-order chi connectivity index (χ0) is 14.5. The van der Waals surface area contributed by atoms with Crippen LogP contribution in [0, 0.1) is 0 Å². The molecule has 19 heavy (non-hydrogen) atoms. The molecule has 0 saturated heterocycles. The van der Waals surface area contributed by atoms with Gasteiger partial charge in [-0.05, 0) is 39.8 Å². The highest BCUT2D eigenvalue weighted by Gasteiger charge is 2.15. The average molecular weight is 305 g/mol. The summed E-state index contributed by atoms with van der Waals surface area (Å²) in [6.45, 7) is 8.79. The molecule has 108 valence electrons. The summed E-state index contributed by atoms with van der Waals surface area (Å²) >= 11 is 7.44. The summed E-state index contributed by atoms with van der Waals surface area (Å²) in [5, 5.41) is 6.02. The molecule has 1 aromatic rings. The molecule has 6 heteroatoms. The summed E-state index contributed by atoms with van der Waals surface area (Å²) in [6.07, 6.45) is -0.388. The molecular formula is C13H21ClN2O2S. The monoisotopic (exact) mass is 304 g/mol. The Morgan fingerprint density at radius 2 is 2.11 bits per heavy atom. The predicted octanol–water partition coefficient (Wildman–Crippen LogP) is 3.58. The Morgan fingerprint density at radius 1 is 1.42 bits per heavy atom. The molecular weight excluding hydrogens is 284 g/mol. The molecule has 1 atom stereocenters. The van der Waals surface area contributed by atoms with Crippen LogP contribution in [0.1, 0.15) is 38.6 Å². The second-order valence-corrected chi connectivity index (χ2v) is 6.99. The lowest BCUT2D eigenvalue weighted by Crippen LogP contribution is -2.36. The Morgan fingerprint density at radius 3 is 2.63 bits per heavy atom. The summed E-state index contributed by atoms with van der Waals surface area (Å²) in [6, 6.07) is 4.11. The first kappa shape index (κ1) is 16.3. The van der Waals surface area contributed by atoms with Crippen LogP contribution in [0.5, 0.6) is 0 Å². The molecule has 0 aliphatic carbocycles. The minimum Gasteiger partial charge on any atom is -0.444 e. The van der Waals surface area contributed by atoms with E-state index in [1.807, 2.05) is 32.9 Å². The number of hydrogen-bond donors (Lipinski definition) is 2. The van der Waals surface area contributed by atoms with Gasteiger partial charge in [-0.25, -0.2) is 4.79 Å². The molecule has 0 bridgehead atoms. The number of carbonyl (C=O) groups is 1. The molecule has 1 unspecified atom stereocenters. The highest BCUT2D eigenvalue weighted by Crippen LogP contribution is 2.26. The lowest BCUT2D eigenvalue weighted by molar-refractivity contribution is 0.0528. The normalized spacial score (nSPS) is 13.1. The van der Waals surface area contributed by atoms with Crippen molar-refractivity contribution in [2.45, 2.75) is 39.3 Å². The van der Waals surface area contributed by atoms with E-state index in [-0.39, 0.29) is 12.1 Å². The van der Waals surface area contributed by atoms with E-state index >= 15 is 0 Å². The standard InChI is InChI=1S/C13H21ClN2O2S/c1-9(10-5-6-11(14)19-10)15-7-8-16-12(17)18-13(2,3)4/h5-6,9,15H,7-8H2,1-4H3,(H,16,17). The van der Waals surface area contributed by atoms with Crippen LogP contribution < -0.4 is 10.6 Å². The van der Waals surface area contributed by atoms with Crippen molar-refractivity contribution < 1.29 is 9.53 Å². The van der Waals surface area contributed by atoms with Crippen molar-refractivity contribution in [1.82, 2.24) is 10.6 Å². The molecule has 0 aliphatic heterocycles. The zero-order valence-corrected chi connectivity index (χ0v) is 13.3. The van der Waals surface area contributed by atoms with Gasteiger partial charge in [-0.2, -0.15) is 0 Å². The van der Waals surface area contributed by atoms with Crippen molar-refractivity contribution >= 4 is 29.0 Å². The molecule has 0 aromatic carbocycles. The summed E-state index contributed by atoms with van der Waals surface area (Å²) in [7, 11) is 0. The molecule has 1 amide bonds. The van der Waals surface area contributed by atoms with Gasteiger partial charge in [-0.1, -0.05) is 11.6 Å². The molecule has 0 radical (unpaired) electrons. The maximum Gasteiger partial charge on any atom is 0.407 e. The first-order valence-electron chi connectivity index (χ1n) is 6.23. The van der Waals surface area contributed by atoms with Gasteiger partial charge in [-0.15, -0.1) is 11.3 Å². The van der Waals surface area contributed by atoms with E-state index in [9.17, 15) is 4.79 Å². The highest BCUT2D eigenvalue weighted by atomic mass is 35.5. The fourth-order valence-electron chi connectivity index (χ4n) is 1.43. The van der Waals surface area contributed by atoms with Gasteiger partial charge in [0.1, 0.15) is 5.60 Å². The fraction of sp³-hybridized carbons (Fsp3) is 0.615. The lowest BCUT2D eigenvalue weighted by atomic mass is 10.2. The van der Waals surface area contributed by atoms with Crippen molar-refractivity contribution in [3.63, 3.8) is 0 Å². The first-order valence-corrected chi connectivity index (χ1v) is 7.43. The van der Waals surface area contributed by atoms with Crippen LogP contribution in [0.3, 0.4) is 0 Å². The number of alkyl carbamates (subject to hydrolysis) is 1. The maximum atomic E-state index is 11.4. The van der Waals surface area contributed by atoms with Crippen LogP contribution in [0.4, 0.5) is 4.79 Å². The summed E-state index contributed by atoms with van der Waals surface area (Å²) in [5.74, 6) is 0. The van der Waals surface area contributed by atoms with Crippen molar-refractivity contribution in [3.8, 4) is 0 Å². The van der Waals surface area contributed by atoms with Crippen molar-refractivity contribution in [3.05, 3.63) is 21.3 Å². The highest BCUT2D eigenvalue weighted by molar-refractivity contribution is 7.16. The van der Waals surface area contributed by atoms with Gasteiger partial charge in [0.25, 0.3) is 0 Å². The fourth-order valence-corrected chi connectivity index (χ4v) is 2.52. The number of rotatable bonds is 5. The van der Waals surface area contributed by atoms with Gasteiger partial charge >= 0.3 is 6.09 Å². The van der Waals surface area contributed by atoms with E-state index in [1.165, 1.54) is 4.88 Å². The Balaban J connectivity index is 2.19. The molecule has 0 aliphatic rings. The van der Waals surface area contributed by atoms with Crippen LogP contribution in [0.25, 0.3) is 0 Å². The lowest BCUT2D eigenvalue weighted by Gasteiger charge is -2.20. The summed E-state index contributed by atoms with van der Waals surface area (Å²) in [5.41, 5.74) is -0.460. The predicted molar refractivity (Wildman–Crippen MR) is 80.0 cm³/mol. The largest absolute Gasteiger partial charge is 0.444 e. The minimum absolute atomic E-state index is 0.220.